The van der Waals surface area contributed by atoms with Crippen molar-refractivity contribution in [2.75, 3.05) is 24.7 Å². The summed E-state index contributed by atoms with van der Waals surface area (Å²) < 4.78 is 25.9. The molecule has 2 unspecified atom stereocenters. The summed E-state index contributed by atoms with van der Waals surface area (Å²) in [6, 6.07) is 5.42. The van der Waals surface area contributed by atoms with Crippen LogP contribution in [0.2, 0.25) is 0 Å². The van der Waals surface area contributed by atoms with E-state index in [1.165, 1.54) is 26.0 Å². The molecule has 6 heteroatoms. The highest BCUT2D eigenvalue weighted by molar-refractivity contribution is 7.89. The van der Waals surface area contributed by atoms with Crippen molar-refractivity contribution in [1.82, 2.24) is 4.72 Å². The molecule has 2 rings (SSSR count). The molecule has 5 nitrogen and oxygen atoms in total. The maximum absolute atomic E-state index is 11.8. The number of nitrogen functional groups attached to an aromatic ring is 1. The molecular weight excluding hydrogens is 286 g/mol. The molecule has 0 amide bonds. The van der Waals surface area contributed by atoms with Crippen LogP contribution in [0.3, 0.4) is 0 Å². The molecule has 1 aromatic carbocycles. The molecule has 0 bridgehead atoms. The molecule has 0 aliphatic heterocycles. The lowest BCUT2D eigenvalue weighted by Crippen LogP contribution is -2.36. The fourth-order valence-electron chi connectivity index (χ4n) is 3.09. The molecule has 1 aliphatic rings. The Balaban J connectivity index is 2.24. The second kappa shape index (κ2) is 6.23. The summed E-state index contributed by atoms with van der Waals surface area (Å²) in [4.78, 5) is 2.40. The van der Waals surface area contributed by atoms with Gasteiger partial charge in [0.2, 0.25) is 10.0 Å². The highest BCUT2D eigenvalue weighted by Crippen LogP contribution is 2.33. The van der Waals surface area contributed by atoms with Gasteiger partial charge in [-0.05, 0) is 44.0 Å². The molecule has 1 saturated carbocycles. The van der Waals surface area contributed by atoms with Crippen LogP contribution in [0, 0.1) is 5.92 Å². The third-order valence-corrected chi connectivity index (χ3v) is 5.83. The number of benzene rings is 1. The first-order valence-corrected chi connectivity index (χ1v) is 8.89. The van der Waals surface area contributed by atoms with Gasteiger partial charge < -0.3 is 10.6 Å². The fourth-order valence-corrected chi connectivity index (χ4v) is 3.85. The normalized spacial score (nSPS) is 23.0. The van der Waals surface area contributed by atoms with Crippen LogP contribution in [0.25, 0.3) is 0 Å². The monoisotopic (exact) mass is 311 g/mol. The van der Waals surface area contributed by atoms with Crippen molar-refractivity contribution in [3.05, 3.63) is 18.2 Å². The Bertz CT molecular complexity index is 601. The molecule has 0 aromatic heterocycles. The Kier molecular flexibility index (Phi) is 4.78. The standard InChI is InChI=1S/C15H25N3O2S/c1-11-5-4-6-12(9-11)18(3)15-8-7-13(10-14(15)16)21(19,20)17-2/h7-8,10-12,17H,4-6,9,16H2,1-3H3. The van der Waals surface area contributed by atoms with E-state index in [2.05, 4.69) is 16.5 Å². The van der Waals surface area contributed by atoms with Crippen LogP contribution in [0.4, 0.5) is 11.4 Å². The summed E-state index contributed by atoms with van der Waals surface area (Å²) >= 11 is 0. The van der Waals surface area contributed by atoms with Crippen molar-refractivity contribution in [2.24, 2.45) is 5.92 Å². The zero-order valence-corrected chi connectivity index (χ0v) is 13.8. The Morgan fingerprint density at radius 3 is 2.62 bits per heavy atom. The van der Waals surface area contributed by atoms with E-state index in [0.717, 1.165) is 24.4 Å². The average molecular weight is 311 g/mol. The van der Waals surface area contributed by atoms with Gasteiger partial charge in [0.1, 0.15) is 0 Å². The molecule has 1 fully saturated rings. The number of nitrogens with one attached hydrogen (secondary N) is 1. The summed E-state index contributed by atoms with van der Waals surface area (Å²) in [5, 5.41) is 0. The minimum Gasteiger partial charge on any atom is -0.397 e. The summed E-state index contributed by atoms with van der Waals surface area (Å²) in [7, 11) is -0.00521. The van der Waals surface area contributed by atoms with E-state index in [0.29, 0.717) is 11.7 Å². The summed E-state index contributed by atoms with van der Waals surface area (Å²) in [5.41, 5.74) is 7.49. The predicted octanol–water partition coefficient (Wildman–Crippen LogP) is 2.19. The van der Waals surface area contributed by atoms with Gasteiger partial charge >= 0.3 is 0 Å². The van der Waals surface area contributed by atoms with Crippen LogP contribution < -0.4 is 15.4 Å². The van der Waals surface area contributed by atoms with Crippen molar-refractivity contribution in [3.63, 3.8) is 0 Å². The third-order valence-electron chi connectivity index (χ3n) is 4.41. The van der Waals surface area contributed by atoms with Crippen molar-refractivity contribution in [2.45, 2.75) is 43.5 Å². The van der Waals surface area contributed by atoms with Crippen LogP contribution in [0.5, 0.6) is 0 Å². The lowest BCUT2D eigenvalue weighted by molar-refractivity contribution is 0.336. The smallest absolute Gasteiger partial charge is 0.240 e. The third kappa shape index (κ3) is 3.49. The second-order valence-electron chi connectivity index (χ2n) is 5.96. The number of nitrogens with two attached hydrogens (primary N) is 1. The topological polar surface area (TPSA) is 75.4 Å². The first kappa shape index (κ1) is 16.1. The minimum absolute atomic E-state index is 0.205. The molecule has 1 aromatic rings. The van der Waals surface area contributed by atoms with Crippen molar-refractivity contribution >= 4 is 21.4 Å². The maximum atomic E-state index is 11.8. The maximum Gasteiger partial charge on any atom is 0.240 e. The van der Waals surface area contributed by atoms with E-state index in [1.807, 2.05) is 7.05 Å². The molecule has 0 heterocycles. The number of rotatable bonds is 4. The van der Waals surface area contributed by atoms with Gasteiger partial charge in [-0.1, -0.05) is 19.8 Å². The number of hydrogen-bond acceptors (Lipinski definition) is 4. The predicted molar refractivity (Wildman–Crippen MR) is 86.9 cm³/mol. The zero-order chi connectivity index (χ0) is 15.6. The van der Waals surface area contributed by atoms with E-state index in [9.17, 15) is 8.42 Å². The Labute approximate surface area is 127 Å². The van der Waals surface area contributed by atoms with Gasteiger partial charge in [-0.3, -0.25) is 0 Å². The Morgan fingerprint density at radius 1 is 1.33 bits per heavy atom. The zero-order valence-electron chi connectivity index (χ0n) is 13.0. The number of nitrogens with zero attached hydrogens (tertiary/aromatic N) is 1. The molecule has 0 radical (unpaired) electrons. The van der Waals surface area contributed by atoms with Crippen LogP contribution in [0.15, 0.2) is 23.1 Å². The van der Waals surface area contributed by atoms with Crippen molar-refractivity contribution in [1.29, 1.82) is 0 Å². The van der Waals surface area contributed by atoms with Gasteiger partial charge in [0.25, 0.3) is 0 Å². The second-order valence-corrected chi connectivity index (χ2v) is 7.85. The fraction of sp³-hybridized carbons (Fsp3) is 0.600. The summed E-state index contributed by atoms with van der Waals surface area (Å²) in [5.74, 6) is 0.733. The van der Waals surface area contributed by atoms with Gasteiger partial charge in [-0.25, -0.2) is 13.1 Å². The summed E-state index contributed by atoms with van der Waals surface area (Å²) in [6.07, 6.45) is 4.85. The minimum atomic E-state index is -3.45. The van der Waals surface area contributed by atoms with Crippen LogP contribution in [0.1, 0.15) is 32.6 Å². The number of hydrogen-bond donors (Lipinski definition) is 2. The van der Waals surface area contributed by atoms with Gasteiger partial charge in [0.05, 0.1) is 16.3 Å². The molecule has 21 heavy (non-hydrogen) atoms. The first-order valence-electron chi connectivity index (χ1n) is 7.41. The van der Waals surface area contributed by atoms with Gasteiger partial charge in [0, 0.05) is 13.1 Å². The molecule has 0 spiro atoms. The quantitative estimate of drug-likeness (QED) is 0.836. The largest absolute Gasteiger partial charge is 0.397 e. The Hall–Kier alpha value is -1.27. The van der Waals surface area contributed by atoms with Crippen LogP contribution in [-0.2, 0) is 10.0 Å². The van der Waals surface area contributed by atoms with Crippen LogP contribution >= 0.6 is 0 Å². The van der Waals surface area contributed by atoms with Gasteiger partial charge in [-0.2, -0.15) is 0 Å². The van der Waals surface area contributed by atoms with Crippen molar-refractivity contribution in [3.8, 4) is 0 Å². The molecule has 2 atom stereocenters. The molecule has 1 aliphatic carbocycles. The molecular formula is C15H25N3O2S. The Morgan fingerprint density at radius 2 is 2.05 bits per heavy atom. The lowest BCUT2D eigenvalue weighted by Gasteiger charge is -2.36. The molecule has 0 saturated heterocycles. The summed E-state index contributed by atoms with van der Waals surface area (Å²) in [6.45, 7) is 2.28. The van der Waals surface area contributed by atoms with E-state index < -0.39 is 10.0 Å². The van der Waals surface area contributed by atoms with Gasteiger partial charge in [0.15, 0.2) is 0 Å². The van der Waals surface area contributed by atoms with E-state index in [1.54, 1.807) is 12.1 Å². The average Bonchev–Trinajstić information content (AvgIpc) is 2.46. The van der Waals surface area contributed by atoms with E-state index >= 15 is 0 Å². The lowest BCUT2D eigenvalue weighted by atomic mass is 9.86. The highest BCUT2D eigenvalue weighted by atomic mass is 32.2. The number of anilines is 2. The van der Waals surface area contributed by atoms with Crippen molar-refractivity contribution < 1.29 is 8.42 Å². The highest BCUT2D eigenvalue weighted by Gasteiger charge is 2.24. The molecule has 118 valence electrons. The van der Waals surface area contributed by atoms with Crippen LogP contribution in [-0.4, -0.2) is 28.6 Å². The van der Waals surface area contributed by atoms with Gasteiger partial charge in [-0.15, -0.1) is 0 Å². The number of sulfonamides is 1. The van der Waals surface area contributed by atoms with E-state index in [4.69, 9.17) is 5.73 Å². The van der Waals surface area contributed by atoms with E-state index in [-0.39, 0.29) is 4.90 Å². The SMILES string of the molecule is CNS(=O)(=O)c1ccc(N(C)C2CCCC(C)C2)c(N)c1. The first-order chi connectivity index (χ1) is 9.85. The molecule has 3 N–H and O–H groups in total.